The van der Waals surface area contributed by atoms with Crippen molar-refractivity contribution in [3.63, 3.8) is 0 Å². The van der Waals surface area contributed by atoms with Gasteiger partial charge in [-0.05, 0) is 6.07 Å². The molecule has 0 unspecified atom stereocenters. The molecular weight excluding hydrogens is 302 g/mol. The molecule has 0 amide bonds. The fraction of sp³-hybridized carbons (Fsp3) is 0.200. The van der Waals surface area contributed by atoms with Crippen LogP contribution in [0, 0.1) is 22.0 Å². The molecule has 0 aliphatic carbocycles. The average Bonchev–Trinajstić information content (AvgIpc) is 2.95. The van der Waals surface area contributed by atoms with Crippen LogP contribution in [0.2, 0.25) is 0 Å². The van der Waals surface area contributed by atoms with Crippen LogP contribution < -0.4 is 0 Å². The zero-order valence-electron chi connectivity index (χ0n) is 11.9. The largest absolute Gasteiger partial charge is 0.294 e. The number of hydrogen-bond acceptors (Lipinski definition) is 5. The van der Waals surface area contributed by atoms with Gasteiger partial charge >= 0.3 is 0 Å². The molecule has 0 aliphatic heterocycles. The molecule has 0 spiro atoms. The number of thioether (sulfide) groups is 1. The second-order valence-corrected chi connectivity index (χ2v) is 5.58. The van der Waals surface area contributed by atoms with Crippen molar-refractivity contribution in [3.8, 4) is 17.5 Å². The summed E-state index contributed by atoms with van der Waals surface area (Å²) in [6.07, 6.45) is 3.80. The van der Waals surface area contributed by atoms with Gasteiger partial charge in [-0.25, -0.2) is 4.68 Å². The van der Waals surface area contributed by atoms with Crippen LogP contribution in [0.15, 0.2) is 36.7 Å². The van der Waals surface area contributed by atoms with Gasteiger partial charge in [0.1, 0.15) is 5.69 Å². The summed E-state index contributed by atoms with van der Waals surface area (Å²) in [5, 5.41) is 15.2. The summed E-state index contributed by atoms with van der Waals surface area (Å²) in [6.45, 7) is 1.52. The zero-order chi connectivity index (χ0) is 15.9. The highest BCUT2D eigenvalue weighted by Crippen LogP contribution is 2.21. The maximum absolute atomic E-state index is 11.0. The molecule has 1 heterocycles. The summed E-state index contributed by atoms with van der Waals surface area (Å²) in [4.78, 5) is 21.3. The molecule has 0 saturated carbocycles. The van der Waals surface area contributed by atoms with Gasteiger partial charge in [0.25, 0.3) is 5.69 Å². The van der Waals surface area contributed by atoms with Crippen LogP contribution >= 0.6 is 11.8 Å². The van der Waals surface area contributed by atoms with Gasteiger partial charge in [0.2, 0.25) is 0 Å². The normalized spacial score (nSPS) is 9.86. The van der Waals surface area contributed by atoms with Crippen LogP contribution in [0.1, 0.15) is 18.9 Å². The molecule has 0 N–H and O–H groups in total. The Balaban J connectivity index is 2.11. The second-order valence-electron chi connectivity index (χ2n) is 4.31. The Morgan fingerprint density at radius 3 is 2.95 bits per heavy atom. The summed E-state index contributed by atoms with van der Waals surface area (Å²) >= 11 is 1.24. The maximum atomic E-state index is 11.0. The van der Waals surface area contributed by atoms with E-state index in [0.29, 0.717) is 23.4 Å². The van der Waals surface area contributed by atoms with Crippen LogP contribution in [0.5, 0.6) is 0 Å². The molecule has 112 valence electrons. The molecule has 1 aromatic heterocycles. The Hall–Kier alpha value is -2.59. The lowest BCUT2D eigenvalue weighted by atomic mass is 10.2. The fourth-order valence-corrected chi connectivity index (χ4v) is 2.23. The number of hydrogen-bond donors (Lipinski definition) is 0. The highest BCUT2D eigenvalue weighted by molar-refractivity contribution is 8.13. The Bertz CT molecular complexity index is 759. The van der Waals surface area contributed by atoms with Gasteiger partial charge < -0.3 is 0 Å². The number of nitro benzene ring substituents is 1. The first-order chi connectivity index (χ1) is 10.6. The molecule has 2 rings (SSSR count). The van der Waals surface area contributed by atoms with Gasteiger partial charge in [-0.15, -0.1) is 0 Å². The minimum atomic E-state index is -0.443. The third-order valence-electron chi connectivity index (χ3n) is 2.67. The van der Waals surface area contributed by atoms with Gasteiger partial charge in [0, 0.05) is 31.4 Å². The highest BCUT2D eigenvalue weighted by Gasteiger charge is 2.14. The summed E-state index contributed by atoms with van der Waals surface area (Å²) in [5.41, 5.74) is 1.06. The van der Waals surface area contributed by atoms with E-state index < -0.39 is 4.92 Å². The second kappa shape index (κ2) is 7.43. The highest BCUT2D eigenvalue weighted by atomic mass is 32.2. The maximum Gasteiger partial charge on any atom is 0.294 e. The first kappa shape index (κ1) is 15.8. The van der Waals surface area contributed by atoms with Gasteiger partial charge in [-0.2, -0.15) is 5.10 Å². The molecule has 0 saturated heterocycles. The molecule has 1 aromatic carbocycles. The summed E-state index contributed by atoms with van der Waals surface area (Å²) < 4.78 is 1.44. The van der Waals surface area contributed by atoms with Crippen molar-refractivity contribution in [2.24, 2.45) is 0 Å². The molecule has 0 fully saturated rings. The van der Waals surface area contributed by atoms with Crippen LogP contribution in [0.3, 0.4) is 0 Å². The molecule has 0 aliphatic rings. The number of benzene rings is 1. The van der Waals surface area contributed by atoms with E-state index in [1.165, 1.54) is 29.4 Å². The first-order valence-electron chi connectivity index (χ1n) is 6.48. The number of para-hydroxylation sites is 2. The van der Waals surface area contributed by atoms with Crippen molar-refractivity contribution in [3.05, 3.63) is 52.3 Å². The molecule has 2 aromatic rings. The predicted molar refractivity (Wildman–Crippen MR) is 84.9 cm³/mol. The predicted octanol–water partition coefficient (Wildman–Crippen LogP) is 2.80. The average molecular weight is 315 g/mol. The number of carbonyl (C=O) groups is 1. The lowest BCUT2D eigenvalue weighted by Crippen LogP contribution is -1.99. The van der Waals surface area contributed by atoms with E-state index in [4.69, 9.17) is 0 Å². The van der Waals surface area contributed by atoms with Crippen LogP contribution in [0.25, 0.3) is 5.69 Å². The standard InChI is InChI=1S/C15H13N3O3S/c1-12(19)22-9-5-4-6-13-10-16-17(11-13)14-7-2-3-8-15(14)18(20)21/h2-3,7-8,10-11H,5,9H2,1H3. The van der Waals surface area contributed by atoms with Crippen molar-refractivity contribution in [2.45, 2.75) is 13.3 Å². The number of nitro groups is 1. The van der Waals surface area contributed by atoms with Crippen LogP contribution in [-0.4, -0.2) is 25.6 Å². The molecule has 22 heavy (non-hydrogen) atoms. The third kappa shape index (κ3) is 4.20. The van der Waals surface area contributed by atoms with Crippen LogP contribution in [-0.2, 0) is 4.79 Å². The fourth-order valence-electron chi connectivity index (χ4n) is 1.74. The number of nitrogens with zero attached hydrogens (tertiary/aromatic N) is 3. The smallest absolute Gasteiger partial charge is 0.288 e. The Labute approximate surface area is 131 Å². The van der Waals surface area contributed by atoms with E-state index >= 15 is 0 Å². The van der Waals surface area contributed by atoms with E-state index in [1.807, 2.05) is 0 Å². The van der Waals surface area contributed by atoms with E-state index in [1.54, 1.807) is 30.6 Å². The zero-order valence-corrected chi connectivity index (χ0v) is 12.7. The SMILES string of the molecule is CC(=O)SCCC#Cc1cnn(-c2ccccc2[N+](=O)[O-])c1. The van der Waals surface area contributed by atoms with Crippen molar-refractivity contribution >= 4 is 22.6 Å². The van der Waals surface area contributed by atoms with E-state index in [0.717, 1.165) is 0 Å². The Morgan fingerprint density at radius 2 is 2.23 bits per heavy atom. The lowest BCUT2D eigenvalue weighted by molar-refractivity contribution is -0.384. The minimum Gasteiger partial charge on any atom is -0.288 e. The monoisotopic (exact) mass is 315 g/mol. The number of rotatable bonds is 4. The first-order valence-corrected chi connectivity index (χ1v) is 7.47. The van der Waals surface area contributed by atoms with Gasteiger partial charge in [-0.3, -0.25) is 14.9 Å². The molecule has 6 nitrogen and oxygen atoms in total. The minimum absolute atomic E-state index is 0.0111. The molecule has 0 atom stereocenters. The number of aromatic nitrogens is 2. The quantitative estimate of drug-likeness (QED) is 0.375. The van der Waals surface area contributed by atoms with Gasteiger partial charge in [-0.1, -0.05) is 35.7 Å². The molecular formula is C15H13N3O3S. The van der Waals surface area contributed by atoms with Crippen molar-refractivity contribution in [2.75, 3.05) is 5.75 Å². The van der Waals surface area contributed by atoms with Crippen molar-refractivity contribution in [1.82, 2.24) is 9.78 Å². The van der Waals surface area contributed by atoms with Gasteiger partial charge in [0.05, 0.1) is 16.7 Å². The lowest BCUT2D eigenvalue weighted by Gasteiger charge is -2.01. The third-order valence-corrected chi connectivity index (χ3v) is 3.49. The molecule has 0 bridgehead atoms. The summed E-state index contributed by atoms with van der Waals surface area (Å²) in [7, 11) is 0. The van der Waals surface area contributed by atoms with E-state index in [9.17, 15) is 14.9 Å². The topological polar surface area (TPSA) is 78.0 Å². The Morgan fingerprint density at radius 1 is 1.45 bits per heavy atom. The van der Waals surface area contributed by atoms with E-state index in [2.05, 4.69) is 16.9 Å². The summed E-state index contributed by atoms with van der Waals surface area (Å²) in [5.74, 6) is 6.53. The Kier molecular flexibility index (Phi) is 5.33. The number of carbonyl (C=O) groups excluding carboxylic acids is 1. The summed E-state index contributed by atoms with van der Waals surface area (Å²) in [6, 6.07) is 6.39. The van der Waals surface area contributed by atoms with Gasteiger partial charge in [0.15, 0.2) is 5.12 Å². The van der Waals surface area contributed by atoms with Crippen molar-refractivity contribution < 1.29 is 9.72 Å². The van der Waals surface area contributed by atoms with Crippen LogP contribution in [0.4, 0.5) is 5.69 Å². The van der Waals surface area contributed by atoms with E-state index in [-0.39, 0.29) is 10.8 Å². The van der Waals surface area contributed by atoms with Crippen molar-refractivity contribution in [1.29, 1.82) is 0 Å². The molecule has 0 radical (unpaired) electrons. The molecule has 7 heteroatoms.